The third-order valence-corrected chi connectivity index (χ3v) is 11.1. The summed E-state index contributed by atoms with van der Waals surface area (Å²) in [5, 5.41) is 23.9. The van der Waals surface area contributed by atoms with Gasteiger partial charge in [-0.15, -0.1) is 0 Å². The standard InChI is InChI=1S/C57H43N3O2/c1-62-54-33-31-53(32-34-54)60(49-10-6-3-7-11-49)51-27-19-42(20-28-51)13-15-44-16-24-46-38-47-36-43(23-35-55(47)57(39-58)56(46)37-44)14-12-41-17-25-50(26-18-41)59(48-8-4-2-5-9-48)52-29-21-45(40-61)22-30-52/h2-38,61H,40H2,1H3. The fraction of sp³-hybridized carbons (Fsp3) is 0.0351. The Balaban J connectivity index is 0.931. The minimum atomic E-state index is 0.0137. The molecular weight excluding hydrogens is 759 g/mol. The molecule has 0 amide bonds. The summed E-state index contributed by atoms with van der Waals surface area (Å²) in [6.45, 7) is 0.0137. The minimum absolute atomic E-state index is 0.0137. The summed E-state index contributed by atoms with van der Waals surface area (Å²) in [4.78, 5) is 4.43. The van der Waals surface area contributed by atoms with Crippen molar-refractivity contribution >= 4 is 80.0 Å². The number of fused-ring (bicyclic) bond motifs is 2. The maximum atomic E-state index is 10.4. The first kappa shape index (κ1) is 39.3. The van der Waals surface area contributed by atoms with Crippen LogP contribution in [0.4, 0.5) is 34.1 Å². The van der Waals surface area contributed by atoms with Crippen LogP contribution in [0, 0.1) is 11.3 Å². The van der Waals surface area contributed by atoms with Crippen LogP contribution in [-0.4, -0.2) is 12.2 Å². The first-order valence-electron chi connectivity index (χ1n) is 20.6. The summed E-state index contributed by atoms with van der Waals surface area (Å²) in [6.07, 6.45) is 8.45. The number of benzene rings is 9. The van der Waals surface area contributed by atoms with Crippen LogP contribution in [0.2, 0.25) is 0 Å². The van der Waals surface area contributed by atoms with E-state index < -0.39 is 0 Å². The Morgan fingerprint density at radius 3 is 1.39 bits per heavy atom. The van der Waals surface area contributed by atoms with Gasteiger partial charge in [0.15, 0.2) is 0 Å². The van der Waals surface area contributed by atoms with E-state index in [1.807, 2.05) is 72.8 Å². The Kier molecular flexibility index (Phi) is 11.4. The van der Waals surface area contributed by atoms with Crippen molar-refractivity contribution in [2.45, 2.75) is 6.61 Å². The normalized spacial score (nSPS) is 11.3. The number of rotatable bonds is 12. The first-order valence-corrected chi connectivity index (χ1v) is 20.6. The predicted molar refractivity (Wildman–Crippen MR) is 259 cm³/mol. The van der Waals surface area contributed by atoms with Crippen LogP contribution >= 0.6 is 0 Å². The summed E-state index contributed by atoms with van der Waals surface area (Å²) < 4.78 is 5.40. The van der Waals surface area contributed by atoms with Gasteiger partial charge in [-0.05, 0) is 142 Å². The molecule has 0 spiro atoms. The Morgan fingerprint density at radius 2 is 0.887 bits per heavy atom. The number of nitrogens with zero attached hydrogens (tertiary/aromatic N) is 3. The zero-order valence-corrected chi connectivity index (χ0v) is 34.3. The molecule has 0 saturated carbocycles. The van der Waals surface area contributed by atoms with Gasteiger partial charge in [-0.1, -0.05) is 121 Å². The molecule has 62 heavy (non-hydrogen) atoms. The van der Waals surface area contributed by atoms with E-state index in [4.69, 9.17) is 4.74 Å². The quantitative estimate of drug-likeness (QED) is 0.0985. The van der Waals surface area contributed by atoms with Crippen LogP contribution in [0.3, 0.4) is 0 Å². The highest BCUT2D eigenvalue weighted by Gasteiger charge is 2.14. The van der Waals surface area contributed by atoms with Crippen LogP contribution in [-0.2, 0) is 6.61 Å². The van der Waals surface area contributed by atoms with Gasteiger partial charge in [0.25, 0.3) is 0 Å². The molecule has 0 aromatic heterocycles. The van der Waals surface area contributed by atoms with E-state index in [1.54, 1.807) is 7.11 Å². The molecule has 0 aliphatic rings. The molecule has 0 aliphatic heterocycles. The van der Waals surface area contributed by atoms with Gasteiger partial charge in [0.05, 0.1) is 19.3 Å². The zero-order valence-electron chi connectivity index (χ0n) is 34.3. The van der Waals surface area contributed by atoms with E-state index >= 15 is 0 Å². The molecule has 9 rings (SSSR count). The third-order valence-electron chi connectivity index (χ3n) is 11.1. The maximum Gasteiger partial charge on any atom is 0.119 e. The average molecular weight is 802 g/mol. The highest BCUT2D eigenvalue weighted by Crippen LogP contribution is 2.37. The van der Waals surface area contributed by atoms with Crippen molar-refractivity contribution in [3.05, 3.63) is 234 Å². The van der Waals surface area contributed by atoms with Crippen molar-refractivity contribution in [2.75, 3.05) is 16.9 Å². The van der Waals surface area contributed by atoms with Crippen LogP contribution in [0.15, 0.2) is 200 Å². The van der Waals surface area contributed by atoms with Crippen molar-refractivity contribution in [2.24, 2.45) is 0 Å². The number of methoxy groups -OCH3 is 1. The lowest BCUT2D eigenvalue weighted by atomic mass is 9.94. The van der Waals surface area contributed by atoms with E-state index in [0.717, 1.165) is 89.2 Å². The minimum Gasteiger partial charge on any atom is -0.497 e. The van der Waals surface area contributed by atoms with E-state index in [2.05, 4.69) is 168 Å². The topological polar surface area (TPSA) is 59.7 Å². The molecule has 0 saturated heterocycles. The smallest absolute Gasteiger partial charge is 0.119 e. The van der Waals surface area contributed by atoms with Crippen molar-refractivity contribution in [1.29, 1.82) is 5.26 Å². The summed E-state index contributed by atoms with van der Waals surface area (Å²) in [5.41, 5.74) is 12.1. The molecule has 298 valence electrons. The van der Waals surface area contributed by atoms with Crippen LogP contribution < -0.4 is 14.5 Å². The van der Waals surface area contributed by atoms with Crippen molar-refractivity contribution in [1.82, 2.24) is 0 Å². The molecule has 0 radical (unpaired) electrons. The molecule has 9 aromatic rings. The predicted octanol–water partition coefficient (Wildman–Crippen LogP) is 14.6. The largest absolute Gasteiger partial charge is 0.497 e. The van der Waals surface area contributed by atoms with Crippen LogP contribution in [0.1, 0.15) is 33.4 Å². The lowest BCUT2D eigenvalue weighted by Gasteiger charge is -2.25. The lowest BCUT2D eigenvalue weighted by molar-refractivity contribution is 0.282. The highest BCUT2D eigenvalue weighted by atomic mass is 16.5. The van der Waals surface area contributed by atoms with Crippen molar-refractivity contribution in [3.8, 4) is 11.8 Å². The fourth-order valence-electron chi connectivity index (χ4n) is 7.87. The number of ether oxygens (including phenoxy) is 1. The Bertz CT molecular complexity index is 3060. The van der Waals surface area contributed by atoms with Gasteiger partial charge in [0.2, 0.25) is 0 Å². The van der Waals surface area contributed by atoms with E-state index in [0.29, 0.717) is 5.56 Å². The number of hydrogen-bond acceptors (Lipinski definition) is 5. The van der Waals surface area contributed by atoms with Gasteiger partial charge in [0, 0.05) is 44.9 Å². The fourth-order valence-corrected chi connectivity index (χ4v) is 7.87. The van der Waals surface area contributed by atoms with Gasteiger partial charge in [-0.25, -0.2) is 0 Å². The monoisotopic (exact) mass is 801 g/mol. The number of aliphatic hydroxyl groups is 1. The molecule has 5 nitrogen and oxygen atoms in total. The number of aliphatic hydroxyl groups excluding tert-OH is 1. The van der Waals surface area contributed by atoms with Gasteiger partial charge in [0.1, 0.15) is 11.8 Å². The number of hydrogen-bond donors (Lipinski definition) is 1. The molecule has 5 heteroatoms. The number of anilines is 6. The van der Waals surface area contributed by atoms with E-state index in [-0.39, 0.29) is 6.61 Å². The number of nitriles is 1. The summed E-state index contributed by atoms with van der Waals surface area (Å²) in [5.74, 6) is 0.818. The molecule has 0 atom stereocenters. The van der Waals surface area contributed by atoms with Gasteiger partial charge in [-0.3, -0.25) is 0 Å². The summed E-state index contributed by atoms with van der Waals surface area (Å²) >= 11 is 0. The first-order chi connectivity index (χ1) is 30.6. The van der Waals surface area contributed by atoms with Crippen LogP contribution in [0.5, 0.6) is 5.75 Å². The van der Waals surface area contributed by atoms with Gasteiger partial charge < -0.3 is 19.6 Å². The van der Waals surface area contributed by atoms with Gasteiger partial charge in [-0.2, -0.15) is 5.26 Å². The molecule has 1 N–H and O–H groups in total. The molecule has 0 bridgehead atoms. The van der Waals surface area contributed by atoms with Gasteiger partial charge >= 0.3 is 0 Å². The molecule has 9 aromatic carbocycles. The molecule has 0 unspecified atom stereocenters. The second-order valence-electron chi connectivity index (χ2n) is 15.0. The highest BCUT2D eigenvalue weighted by molar-refractivity contribution is 6.05. The summed E-state index contributed by atoms with van der Waals surface area (Å²) in [7, 11) is 1.68. The molecular formula is C57H43N3O2. The molecule has 0 fully saturated rings. The Labute approximate surface area is 362 Å². The van der Waals surface area contributed by atoms with Crippen molar-refractivity contribution in [3.63, 3.8) is 0 Å². The third kappa shape index (κ3) is 8.46. The second-order valence-corrected chi connectivity index (χ2v) is 15.0. The second kappa shape index (κ2) is 18.0. The average Bonchev–Trinajstić information content (AvgIpc) is 3.34. The molecule has 0 aliphatic carbocycles. The van der Waals surface area contributed by atoms with E-state index in [1.165, 1.54) is 0 Å². The zero-order chi connectivity index (χ0) is 42.3. The van der Waals surface area contributed by atoms with Crippen LogP contribution in [0.25, 0.3) is 45.8 Å². The summed E-state index contributed by atoms with van der Waals surface area (Å²) in [6, 6.07) is 71.0. The van der Waals surface area contributed by atoms with E-state index in [9.17, 15) is 10.4 Å². The SMILES string of the molecule is COc1ccc(N(c2ccccc2)c2ccc(C=Cc3ccc4cc5cc(C=Cc6ccc(N(c7ccccc7)c7ccc(CO)cc7)cc6)ccc5c(C#N)c4c3)cc2)cc1. The molecule has 0 heterocycles. The lowest BCUT2D eigenvalue weighted by Crippen LogP contribution is -2.09. The number of para-hydroxylation sites is 2. The Morgan fingerprint density at radius 1 is 0.452 bits per heavy atom. The van der Waals surface area contributed by atoms with Crippen molar-refractivity contribution < 1.29 is 9.84 Å². The maximum absolute atomic E-state index is 10.4. The Hall–Kier alpha value is -8.17.